The van der Waals surface area contributed by atoms with Crippen LogP contribution >= 0.6 is 11.3 Å². The topological polar surface area (TPSA) is 157 Å². The Balaban J connectivity index is 0.000000193. The third-order valence-electron chi connectivity index (χ3n) is 12.3. The van der Waals surface area contributed by atoms with E-state index in [1.54, 1.807) is 43.4 Å². The van der Waals surface area contributed by atoms with Crippen LogP contribution in [0.2, 0.25) is 0 Å². The first-order valence-corrected chi connectivity index (χ1v) is 22.8. The average molecular weight is 1010 g/mol. The summed E-state index contributed by atoms with van der Waals surface area (Å²) in [6, 6.07) is 6.81. The number of amides is 2. The van der Waals surface area contributed by atoms with E-state index in [0.717, 1.165) is 54.8 Å². The fraction of sp³-hybridized carbons (Fsp3) is 0.255. The van der Waals surface area contributed by atoms with Crippen molar-refractivity contribution in [2.75, 3.05) is 39.1 Å². The predicted molar refractivity (Wildman–Crippen MR) is 258 cm³/mol. The quantitative estimate of drug-likeness (QED) is 0.0706. The second-order valence-corrected chi connectivity index (χ2v) is 17.9. The first-order valence-electron chi connectivity index (χ1n) is 22.0. The summed E-state index contributed by atoms with van der Waals surface area (Å²) in [5, 5.41) is 14.6. The maximum atomic E-state index is 15.5. The number of carbonyl (C=O) groups excluding carboxylic acids is 2. The summed E-state index contributed by atoms with van der Waals surface area (Å²) in [4.78, 5) is 31.8. The Kier molecular flexibility index (Phi) is 14.0. The van der Waals surface area contributed by atoms with Gasteiger partial charge < -0.3 is 29.6 Å². The molecule has 72 heavy (non-hydrogen) atoms. The molecule has 0 radical (unpaired) electrons. The van der Waals surface area contributed by atoms with Gasteiger partial charge in [0.2, 0.25) is 11.8 Å². The second kappa shape index (κ2) is 20.1. The summed E-state index contributed by atoms with van der Waals surface area (Å²) < 4.78 is 115. The fourth-order valence-corrected chi connectivity index (χ4v) is 9.61. The Morgan fingerprint density at radius 2 is 1.22 bits per heavy atom. The van der Waals surface area contributed by atoms with Crippen molar-refractivity contribution in [3.05, 3.63) is 159 Å². The third-order valence-corrected chi connectivity index (χ3v) is 13.4. The van der Waals surface area contributed by atoms with E-state index in [4.69, 9.17) is 18.9 Å². The number of halogens is 6. The number of carbonyl (C=O) groups is 2. The monoisotopic (exact) mass is 1010 g/mol. The molecule has 0 saturated heterocycles. The van der Waals surface area contributed by atoms with E-state index in [0.29, 0.717) is 75.6 Å². The minimum atomic E-state index is -4.02. The molecule has 14 nitrogen and oxygen atoms in total. The van der Waals surface area contributed by atoms with E-state index < -0.39 is 62.5 Å². The Hall–Kier alpha value is -7.94. The Morgan fingerprint density at radius 1 is 0.736 bits per heavy atom. The number of methoxy groups -OCH3 is 4. The highest BCUT2D eigenvalue weighted by Crippen LogP contribution is 2.59. The zero-order chi connectivity index (χ0) is 51.8. The van der Waals surface area contributed by atoms with E-state index in [1.165, 1.54) is 37.2 Å². The van der Waals surface area contributed by atoms with Crippen LogP contribution in [-0.4, -0.2) is 69.8 Å². The molecule has 9 rings (SSSR count). The third kappa shape index (κ3) is 9.62. The molecule has 5 heterocycles. The molecule has 2 N–H and O–H groups in total. The van der Waals surface area contributed by atoms with Gasteiger partial charge in [-0.3, -0.25) is 28.9 Å². The van der Waals surface area contributed by atoms with Crippen LogP contribution in [0.3, 0.4) is 0 Å². The number of anilines is 2. The van der Waals surface area contributed by atoms with Gasteiger partial charge in [0.05, 0.1) is 60.8 Å². The minimum Gasteiger partial charge on any atom is -0.494 e. The molecule has 21 heteroatoms. The molecule has 0 bridgehead atoms. The summed E-state index contributed by atoms with van der Waals surface area (Å²) >= 11 is 0.662. The SMILES string of the molecule is C=CC(=O)Nc1cn(C)nc1Cc1cc2c(cn1)CC(C1(c3c(F)c(OC)cc(OC)c3F)CC1)=C2.C=CC(=O)Nc1cn(C)nc1Cc1cc2cc(C(F)(F)c3c(F)c(OC)cc(OC)c3F)sc2cn1. The van der Waals surface area contributed by atoms with Crippen LogP contribution in [0.4, 0.5) is 37.7 Å². The lowest BCUT2D eigenvalue weighted by Gasteiger charge is -2.21. The average Bonchev–Trinajstić information content (AvgIpc) is 3.59. The summed E-state index contributed by atoms with van der Waals surface area (Å²) in [6.45, 7) is 6.89. The molecule has 1 saturated carbocycles. The van der Waals surface area contributed by atoms with Gasteiger partial charge >= 0.3 is 5.92 Å². The Labute approximate surface area is 412 Å². The maximum absolute atomic E-state index is 15.5. The standard InChI is InChI=1S/C27H26F2N4O3.C24H20F4N4O3S/c1-5-23(34)31-20-14-33(2)32-19(20)11-18-10-15-8-17(9-16(15)13-30-18)27(6-7-27)24-25(28)21(35-3)12-22(36-4)26(24)29;1-5-20(33)30-15-11-32(2)31-14(15)8-13-6-12-7-19(36-18(12)10-29-13)24(27,28)21-22(25)16(34-3)9-17(35-4)23(21)26/h5,8,10,12-14H,1,6-7,9,11H2,2-4H3,(H,31,34);5-7,9-11H,1,8H2,2-4H3,(H,30,33). The molecule has 7 aromatic rings. The molecule has 374 valence electrons. The number of pyridine rings is 2. The molecule has 0 atom stereocenters. The van der Waals surface area contributed by atoms with Crippen molar-refractivity contribution in [1.82, 2.24) is 29.5 Å². The lowest BCUT2D eigenvalue weighted by molar-refractivity contribution is -0.112. The number of hydrogen-bond acceptors (Lipinski definition) is 11. The minimum absolute atomic E-state index is 0.00188. The number of ether oxygens (including phenoxy) is 4. The number of allylic oxidation sites excluding steroid dienone is 1. The molecular formula is C51H46F6N8O6S. The number of benzene rings is 2. The van der Waals surface area contributed by atoms with Crippen molar-refractivity contribution in [2.45, 2.75) is 43.4 Å². The zero-order valence-electron chi connectivity index (χ0n) is 39.7. The van der Waals surface area contributed by atoms with Gasteiger partial charge in [0.15, 0.2) is 46.3 Å². The number of aryl methyl sites for hydroxylation is 2. The largest absolute Gasteiger partial charge is 0.494 e. The summed E-state index contributed by atoms with van der Waals surface area (Å²) in [5.74, 6) is -10.4. The van der Waals surface area contributed by atoms with Crippen LogP contribution in [0.5, 0.6) is 23.0 Å². The number of thiophene rings is 1. The van der Waals surface area contributed by atoms with Gasteiger partial charge in [-0.1, -0.05) is 24.8 Å². The van der Waals surface area contributed by atoms with Crippen LogP contribution in [0.25, 0.3) is 16.2 Å². The van der Waals surface area contributed by atoms with Crippen molar-refractivity contribution < 1.29 is 54.9 Å². The van der Waals surface area contributed by atoms with E-state index >= 15 is 17.6 Å². The molecule has 2 amide bonds. The summed E-state index contributed by atoms with van der Waals surface area (Å²) in [6.07, 6.45) is 13.3. The number of fused-ring (bicyclic) bond motifs is 2. The number of hydrogen-bond donors (Lipinski definition) is 2. The van der Waals surface area contributed by atoms with Gasteiger partial charge in [0, 0.05) is 86.2 Å². The number of rotatable bonds is 16. The highest BCUT2D eigenvalue weighted by atomic mass is 32.1. The predicted octanol–water partition coefficient (Wildman–Crippen LogP) is 9.68. The van der Waals surface area contributed by atoms with Crippen molar-refractivity contribution in [1.29, 1.82) is 0 Å². The van der Waals surface area contributed by atoms with Crippen molar-refractivity contribution in [3.8, 4) is 23.0 Å². The van der Waals surface area contributed by atoms with Gasteiger partial charge in [-0.25, -0.2) is 17.6 Å². The van der Waals surface area contributed by atoms with Crippen molar-refractivity contribution >= 4 is 50.7 Å². The Morgan fingerprint density at radius 3 is 1.71 bits per heavy atom. The molecule has 2 aromatic carbocycles. The zero-order valence-corrected chi connectivity index (χ0v) is 40.5. The fourth-order valence-electron chi connectivity index (χ4n) is 8.61. The van der Waals surface area contributed by atoms with Gasteiger partial charge in [0.1, 0.15) is 5.56 Å². The lowest BCUT2D eigenvalue weighted by Crippen LogP contribution is -2.19. The van der Waals surface area contributed by atoms with Crippen molar-refractivity contribution in [3.63, 3.8) is 0 Å². The van der Waals surface area contributed by atoms with E-state index in [-0.39, 0.29) is 29.4 Å². The maximum Gasteiger partial charge on any atom is 0.313 e. The molecule has 2 aliphatic carbocycles. The van der Waals surface area contributed by atoms with Gasteiger partial charge in [0.25, 0.3) is 0 Å². The summed E-state index contributed by atoms with van der Waals surface area (Å²) in [7, 11) is 8.34. The number of alkyl halides is 2. The van der Waals surface area contributed by atoms with Crippen LogP contribution in [0.1, 0.15) is 62.7 Å². The van der Waals surface area contributed by atoms with Crippen molar-refractivity contribution in [2.24, 2.45) is 14.1 Å². The normalized spacial score (nSPS) is 13.4. The molecule has 0 aliphatic heterocycles. The molecule has 0 spiro atoms. The lowest BCUT2D eigenvalue weighted by atomic mass is 9.85. The highest BCUT2D eigenvalue weighted by molar-refractivity contribution is 7.19. The number of aromatic nitrogens is 6. The first kappa shape index (κ1) is 50.4. The number of nitrogens with one attached hydrogen (secondary N) is 2. The smallest absolute Gasteiger partial charge is 0.313 e. The highest BCUT2D eigenvalue weighted by Gasteiger charge is 2.53. The molecular weight excluding hydrogens is 967 g/mol. The number of nitrogens with zero attached hydrogens (tertiary/aromatic N) is 6. The van der Waals surface area contributed by atoms with E-state index in [2.05, 4.69) is 44.0 Å². The first-order chi connectivity index (χ1) is 34.4. The Bertz CT molecular complexity index is 3290. The van der Waals surface area contributed by atoms with Gasteiger partial charge in [-0.15, -0.1) is 11.3 Å². The molecule has 5 aromatic heterocycles. The van der Waals surface area contributed by atoms with Gasteiger partial charge in [-0.05, 0) is 66.1 Å². The summed E-state index contributed by atoms with van der Waals surface area (Å²) in [5.41, 5.74) is 4.20. The second-order valence-electron chi connectivity index (χ2n) is 16.8. The van der Waals surface area contributed by atoms with Crippen LogP contribution in [-0.2, 0) is 54.3 Å². The van der Waals surface area contributed by atoms with E-state index in [1.807, 2.05) is 12.1 Å². The van der Waals surface area contributed by atoms with Crippen LogP contribution < -0.4 is 29.6 Å². The van der Waals surface area contributed by atoms with E-state index in [9.17, 15) is 18.4 Å². The molecule has 2 aliphatic rings. The van der Waals surface area contributed by atoms with Crippen LogP contribution in [0.15, 0.2) is 86.0 Å². The molecule has 0 unspecified atom stereocenters. The molecule has 1 fully saturated rings. The van der Waals surface area contributed by atoms with Gasteiger partial charge in [-0.2, -0.15) is 19.0 Å². The van der Waals surface area contributed by atoms with Crippen LogP contribution in [0, 0.1) is 23.3 Å².